The SMILES string of the molecule is O=C(c1ccc(Cl)s1)N1C[C@H]2COCC[C@@]2(C(=O)O)C1. The van der Waals surface area contributed by atoms with Crippen molar-refractivity contribution in [2.45, 2.75) is 6.42 Å². The number of aliphatic carboxylic acids is 1. The largest absolute Gasteiger partial charge is 0.481 e. The Morgan fingerprint density at radius 2 is 2.30 bits per heavy atom. The first-order valence-electron chi connectivity index (χ1n) is 6.39. The second kappa shape index (κ2) is 5.02. The van der Waals surface area contributed by atoms with Crippen molar-refractivity contribution < 1.29 is 19.4 Å². The molecule has 1 aromatic rings. The van der Waals surface area contributed by atoms with E-state index in [2.05, 4.69) is 0 Å². The number of carbonyl (C=O) groups excluding carboxylic acids is 1. The summed E-state index contributed by atoms with van der Waals surface area (Å²) in [7, 11) is 0. The molecule has 0 bridgehead atoms. The highest BCUT2D eigenvalue weighted by Gasteiger charge is 2.55. The second-order valence-corrected chi connectivity index (χ2v) is 6.99. The highest BCUT2D eigenvalue weighted by atomic mass is 35.5. The minimum atomic E-state index is -0.852. The molecule has 0 unspecified atom stereocenters. The van der Waals surface area contributed by atoms with E-state index in [-0.39, 0.29) is 18.4 Å². The van der Waals surface area contributed by atoms with E-state index >= 15 is 0 Å². The lowest BCUT2D eigenvalue weighted by molar-refractivity contribution is -0.157. The number of carboxylic acids is 1. The maximum atomic E-state index is 12.4. The number of carbonyl (C=O) groups is 2. The minimum Gasteiger partial charge on any atom is -0.481 e. The van der Waals surface area contributed by atoms with Crippen LogP contribution in [-0.2, 0) is 9.53 Å². The van der Waals surface area contributed by atoms with Gasteiger partial charge in [0, 0.05) is 25.6 Å². The van der Waals surface area contributed by atoms with Crippen LogP contribution in [0.5, 0.6) is 0 Å². The number of hydrogen-bond acceptors (Lipinski definition) is 4. The fourth-order valence-corrected chi connectivity index (χ4v) is 4.05. The Morgan fingerprint density at radius 1 is 1.50 bits per heavy atom. The Bertz CT molecular complexity index is 560. The molecule has 7 heteroatoms. The van der Waals surface area contributed by atoms with Gasteiger partial charge in [0.05, 0.1) is 21.2 Å². The maximum Gasteiger partial charge on any atom is 0.311 e. The Morgan fingerprint density at radius 3 is 2.90 bits per heavy atom. The van der Waals surface area contributed by atoms with Gasteiger partial charge in [-0.25, -0.2) is 0 Å². The van der Waals surface area contributed by atoms with Crippen LogP contribution >= 0.6 is 22.9 Å². The standard InChI is InChI=1S/C13H14ClNO4S/c14-10-2-1-9(20-10)11(16)15-5-8-6-19-4-3-13(8,7-15)12(17)18/h1-2,8H,3-7H2,(H,17,18)/t8-,13+/m0/s1. The van der Waals surface area contributed by atoms with Gasteiger partial charge in [0.15, 0.2) is 0 Å². The Labute approximate surface area is 125 Å². The Hall–Kier alpha value is -1.11. The molecule has 3 heterocycles. The number of halogens is 1. The molecule has 2 aliphatic heterocycles. The molecule has 3 rings (SSSR count). The van der Waals surface area contributed by atoms with E-state index in [1.165, 1.54) is 11.3 Å². The van der Waals surface area contributed by atoms with Crippen molar-refractivity contribution in [3.63, 3.8) is 0 Å². The summed E-state index contributed by atoms with van der Waals surface area (Å²) < 4.78 is 5.93. The van der Waals surface area contributed by atoms with Crippen LogP contribution in [0.1, 0.15) is 16.1 Å². The molecule has 1 amide bonds. The molecule has 0 aliphatic carbocycles. The lowest BCUT2D eigenvalue weighted by Gasteiger charge is -2.33. The molecule has 0 saturated carbocycles. The number of ether oxygens (including phenoxy) is 1. The summed E-state index contributed by atoms with van der Waals surface area (Å²) in [5, 5.41) is 9.56. The third kappa shape index (κ3) is 2.12. The molecule has 1 N–H and O–H groups in total. The third-order valence-corrected chi connectivity index (χ3v) is 5.42. The van der Waals surface area contributed by atoms with Crippen molar-refractivity contribution in [3.8, 4) is 0 Å². The van der Waals surface area contributed by atoms with E-state index in [0.29, 0.717) is 35.4 Å². The smallest absolute Gasteiger partial charge is 0.311 e. The maximum absolute atomic E-state index is 12.4. The van der Waals surface area contributed by atoms with E-state index in [4.69, 9.17) is 16.3 Å². The van der Waals surface area contributed by atoms with E-state index in [0.717, 1.165) is 0 Å². The first kappa shape index (κ1) is 13.9. The lowest BCUT2D eigenvalue weighted by atomic mass is 9.74. The fourth-order valence-electron chi connectivity index (χ4n) is 3.04. The van der Waals surface area contributed by atoms with E-state index in [9.17, 15) is 14.7 Å². The summed E-state index contributed by atoms with van der Waals surface area (Å²) in [6.07, 6.45) is 0.460. The fraction of sp³-hybridized carbons (Fsp3) is 0.538. The van der Waals surface area contributed by atoms with Crippen LogP contribution in [0.25, 0.3) is 0 Å². The normalized spacial score (nSPS) is 29.2. The van der Waals surface area contributed by atoms with Gasteiger partial charge in [-0.3, -0.25) is 9.59 Å². The Balaban J connectivity index is 1.84. The van der Waals surface area contributed by atoms with E-state index < -0.39 is 11.4 Å². The van der Waals surface area contributed by atoms with Gasteiger partial charge in [-0.1, -0.05) is 11.6 Å². The predicted octanol–water partition coefficient (Wildman–Crippen LogP) is 1.96. The van der Waals surface area contributed by atoms with Gasteiger partial charge in [0.2, 0.25) is 0 Å². The number of hydrogen-bond donors (Lipinski definition) is 1. The van der Waals surface area contributed by atoms with Crippen LogP contribution < -0.4 is 0 Å². The van der Waals surface area contributed by atoms with Crippen molar-refractivity contribution in [3.05, 3.63) is 21.3 Å². The van der Waals surface area contributed by atoms with Gasteiger partial charge in [-0.15, -0.1) is 11.3 Å². The first-order valence-corrected chi connectivity index (χ1v) is 7.58. The van der Waals surface area contributed by atoms with Crippen molar-refractivity contribution in [1.29, 1.82) is 0 Å². The molecule has 2 atom stereocenters. The van der Waals surface area contributed by atoms with E-state index in [1.54, 1.807) is 17.0 Å². The number of nitrogens with zero attached hydrogens (tertiary/aromatic N) is 1. The molecule has 0 radical (unpaired) electrons. The zero-order chi connectivity index (χ0) is 14.3. The van der Waals surface area contributed by atoms with Gasteiger partial charge in [0.25, 0.3) is 5.91 Å². The van der Waals surface area contributed by atoms with Crippen molar-refractivity contribution in [2.75, 3.05) is 26.3 Å². The topological polar surface area (TPSA) is 66.8 Å². The van der Waals surface area contributed by atoms with Crippen LogP contribution in [0.3, 0.4) is 0 Å². The summed E-state index contributed by atoms with van der Waals surface area (Å²) in [6, 6.07) is 3.36. The van der Waals surface area contributed by atoms with Gasteiger partial charge in [0.1, 0.15) is 0 Å². The first-order chi connectivity index (χ1) is 9.53. The monoisotopic (exact) mass is 315 g/mol. The quantitative estimate of drug-likeness (QED) is 0.906. The molecule has 20 heavy (non-hydrogen) atoms. The van der Waals surface area contributed by atoms with Crippen LogP contribution in [0, 0.1) is 11.3 Å². The lowest BCUT2D eigenvalue weighted by Crippen LogP contribution is -2.45. The summed E-state index contributed by atoms with van der Waals surface area (Å²) >= 11 is 7.06. The number of likely N-dealkylation sites (tertiary alicyclic amines) is 1. The average Bonchev–Trinajstić information content (AvgIpc) is 3.02. The third-order valence-electron chi connectivity index (χ3n) is 4.20. The molecule has 5 nitrogen and oxygen atoms in total. The van der Waals surface area contributed by atoms with Gasteiger partial charge in [-0.2, -0.15) is 0 Å². The van der Waals surface area contributed by atoms with Gasteiger partial charge < -0.3 is 14.7 Å². The highest BCUT2D eigenvalue weighted by molar-refractivity contribution is 7.17. The molecule has 0 aromatic carbocycles. The molecule has 2 aliphatic rings. The number of rotatable bonds is 2. The van der Waals surface area contributed by atoms with Crippen LogP contribution in [0.15, 0.2) is 12.1 Å². The summed E-state index contributed by atoms with van der Waals surface area (Å²) in [5.74, 6) is -1.10. The predicted molar refractivity (Wildman–Crippen MR) is 74.2 cm³/mol. The Kier molecular flexibility index (Phi) is 3.48. The molecule has 0 spiro atoms. The number of fused-ring (bicyclic) bond motifs is 1. The van der Waals surface area contributed by atoms with Crippen LogP contribution in [-0.4, -0.2) is 48.2 Å². The minimum absolute atomic E-state index is 0.131. The zero-order valence-corrected chi connectivity index (χ0v) is 12.2. The van der Waals surface area contributed by atoms with Crippen LogP contribution in [0.2, 0.25) is 4.34 Å². The molecule has 108 valence electrons. The molecule has 1 aromatic heterocycles. The molecular formula is C13H14ClNO4S. The van der Waals surface area contributed by atoms with Crippen LogP contribution in [0.4, 0.5) is 0 Å². The second-order valence-electron chi connectivity index (χ2n) is 5.27. The summed E-state index contributed by atoms with van der Waals surface area (Å²) in [5.41, 5.74) is -0.852. The van der Waals surface area contributed by atoms with E-state index in [1.807, 2.05) is 0 Å². The van der Waals surface area contributed by atoms with Gasteiger partial charge in [-0.05, 0) is 18.6 Å². The molecular weight excluding hydrogens is 302 g/mol. The summed E-state index contributed by atoms with van der Waals surface area (Å²) in [4.78, 5) is 26.2. The highest BCUT2D eigenvalue weighted by Crippen LogP contribution is 2.43. The van der Waals surface area contributed by atoms with Crippen molar-refractivity contribution in [1.82, 2.24) is 4.90 Å². The van der Waals surface area contributed by atoms with Crippen molar-refractivity contribution >= 4 is 34.8 Å². The van der Waals surface area contributed by atoms with Gasteiger partial charge >= 0.3 is 5.97 Å². The molecule has 2 fully saturated rings. The van der Waals surface area contributed by atoms with Crippen molar-refractivity contribution in [2.24, 2.45) is 11.3 Å². The number of thiophene rings is 1. The summed E-state index contributed by atoms with van der Waals surface area (Å²) in [6.45, 7) is 1.53. The number of carboxylic acid groups (broad SMARTS) is 1. The molecule has 2 saturated heterocycles. The number of amides is 1. The zero-order valence-electron chi connectivity index (χ0n) is 10.7. The average molecular weight is 316 g/mol.